The monoisotopic (exact) mass is 411 g/mol. The Morgan fingerprint density at radius 1 is 1.24 bits per heavy atom. The number of amides is 1. The third-order valence-electron chi connectivity index (χ3n) is 4.86. The van der Waals surface area contributed by atoms with E-state index in [2.05, 4.69) is 10.3 Å². The maximum absolute atomic E-state index is 12.1. The standard InChI is InChI=1S/C16H15N3O3.C2HF3O2/c20-15-12-13-11(6-8-18-12)10(14(16(21)22)19(13)15)5-4-9-3-1-2-7-17-9;3-2(4,5)1(6)7/h1-5,7,11-13,18H,6,8H2,(H,21,22);(H,6,7)/b5-4+;/t11?,12-,13+;/m0./s1. The lowest BCUT2D eigenvalue weighted by Crippen LogP contribution is -2.71. The fourth-order valence-electron chi connectivity index (χ4n) is 3.69. The van der Waals surface area contributed by atoms with E-state index in [1.54, 1.807) is 6.20 Å². The molecule has 2 fully saturated rings. The molecule has 3 N–H and O–H groups in total. The van der Waals surface area contributed by atoms with Crippen molar-refractivity contribution in [2.45, 2.75) is 24.7 Å². The molecule has 0 spiro atoms. The van der Waals surface area contributed by atoms with Crippen LogP contribution < -0.4 is 5.32 Å². The summed E-state index contributed by atoms with van der Waals surface area (Å²) < 4.78 is 31.7. The summed E-state index contributed by atoms with van der Waals surface area (Å²) in [7, 11) is 0. The number of carboxylic acid groups (broad SMARTS) is 2. The number of allylic oxidation sites excluding steroid dienone is 1. The molecule has 4 heterocycles. The van der Waals surface area contributed by atoms with Gasteiger partial charge in [0.1, 0.15) is 11.7 Å². The number of alkyl halides is 3. The lowest BCUT2D eigenvalue weighted by atomic mass is 9.79. The van der Waals surface area contributed by atoms with Crippen molar-refractivity contribution in [1.29, 1.82) is 0 Å². The van der Waals surface area contributed by atoms with Gasteiger partial charge < -0.3 is 15.5 Å². The van der Waals surface area contributed by atoms with E-state index in [4.69, 9.17) is 9.90 Å². The van der Waals surface area contributed by atoms with Crippen molar-refractivity contribution < 1.29 is 37.8 Å². The molecule has 0 bridgehead atoms. The number of rotatable bonds is 3. The molecule has 0 aromatic carbocycles. The Kier molecular flexibility index (Phi) is 5.42. The highest BCUT2D eigenvalue weighted by atomic mass is 19.4. The largest absolute Gasteiger partial charge is 0.490 e. The Morgan fingerprint density at radius 3 is 2.48 bits per heavy atom. The van der Waals surface area contributed by atoms with Crippen LogP contribution in [0.15, 0.2) is 41.7 Å². The SMILES string of the molecule is O=C(O)C(F)(F)F.O=C(O)C1=C(/C=C/c2ccccn2)C2CCN[C@@H]3C(=O)N1[C@H]23. The van der Waals surface area contributed by atoms with Crippen LogP contribution in [0.4, 0.5) is 13.2 Å². The summed E-state index contributed by atoms with van der Waals surface area (Å²) in [5.41, 5.74) is 1.64. The maximum atomic E-state index is 12.1. The van der Waals surface area contributed by atoms with Crippen LogP contribution in [-0.2, 0) is 14.4 Å². The van der Waals surface area contributed by atoms with Crippen molar-refractivity contribution in [3.05, 3.63) is 47.4 Å². The van der Waals surface area contributed by atoms with Crippen LogP contribution in [-0.4, -0.2) is 62.7 Å². The molecule has 0 aliphatic carbocycles. The molecule has 3 aliphatic rings. The number of hydrogen-bond donors (Lipinski definition) is 3. The summed E-state index contributed by atoms with van der Waals surface area (Å²) >= 11 is 0. The van der Waals surface area contributed by atoms with Gasteiger partial charge in [-0.15, -0.1) is 0 Å². The quantitative estimate of drug-likeness (QED) is 0.641. The molecule has 154 valence electrons. The Hall–Kier alpha value is -3.21. The van der Waals surface area contributed by atoms with Crippen LogP contribution in [0.1, 0.15) is 12.1 Å². The van der Waals surface area contributed by atoms with E-state index in [0.29, 0.717) is 0 Å². The molecule has 8 nitrogen and oxygen atoms in total. The number of nitrogens with one attached hydrogen (secondary N) is 1. The van der Waals surface area contributed by atoms with Crippen LogP contribution in [0, 0.1) is 5.92 Å². The molecule has 1 aromatic heterocycles. The van der Waals surface area contributed by atoms with Gasteiger partial charge in [0.05, 0.1) is 11.7 Å². The zero-order valence-corrected chi connectivity index (χ0v) is 14.8. The molecule has 1 aromatic rings. The normalized spacial score (nSPS) is 25.3. The summed E-state index contributed by atoms with van der Waals surface area (Å²) in [4.78, 5) is 38.3. The van der Waals surface area contributed by atoms with Gasteiger partial charge in [0.15, 0.2) is 0 Å². The second kappa shape index (κ2) is 7.66. The van der Waals surface area contributed by atoms with Crippen molar-refractivity contribution in [2.24, 2.45) is 5.92 Å². The summed E-state index contributed by atoms with van der Waals surface area (Å²) in [6, 6.07) is 5.30. The van der Waals surface area contributed by atoms with Gasteiger partial charge in [-0.1, -0.05) is 12.1 Å². The van der Waals surface area contributed by atoms with Crippen LogP contribution in [0.5, 0.6) is 0 Å². The highest BCUT2D eigenvalue weighted by Crippen LogP contribution is 2.46. The Balaban J connectivity index is 0.000000298. The number of halogens is 3. The molecular formula is C18H16F3N3O5. The molecule has 1 amide bonds. The molecule has 0 saturated carbocycles. The smallest absolute Gasteiger partial charge is 0.477 e. The number of carbonyl (C=O) groups excluding carboxylic acids is 1. The first-order valence-corrected chi connectivity index (χ1v) is 8.56. The lowest BCUT2D eigenvalue weighted by molar-refractivity contribution is -0.192. The molecule has 1 unspecified atom stereocenters. The van der Waals surface area contributed by atoms with Crippen molar-refractivity contribution in [3.8, 4) is 0 Å². The van der Waals surface area contributed by atoms with E-state index in [9.17, 15) is 27.9 Å². The van der Waals surface area contributed by atoms with Gasteiger partial charge >= 0.3 is 18.1 Å². The minimum atomic E-state index is -5.08. The van der Waals surface area contributed by atoms with Crippen LogP contribution in [0.3, 0.4) is 0 Å². The number of carboxylic acids is 2. The zero-order valence-electron chi connectivity index (χ0n) is 14.8. The summed E-state index contributed by atoms with van der Waals surface area (Å²) in [6.07, 6.45) is 1.07. The Labute approximate surface area is 162 Å². The fraction of sp³-hybridized carbons (Fsp3) is 0.333. The van der Waals surface area contributed by atoms with Crippen LogP contribution in [0.25, 0.3) is 6.08 Å². The highest BCUT2D eigenvalue weighted by molar-refractivity contribution is 6.02. The van der Waals surface area contributed by atoms with Gasteiger partial charge in [0.2, 0.25) is 5.91 Å². The minimum Gasteiger partial charge on any atom is -0.477 e. The predicted molar refractivity (Wildman–Crippen MR) is 92.2 cm³/mol. The predicted octanol–water partition coefficient (Wildman–Crippen LogP) is 1.27. The molecule has 0 radical (unpaired) electrons. The highest BCUT2D eigenvalue weighted by Gasteiger charge is 2.60. The van der Waals surface area contributed by atoms with E-state index < -0.39 is 18.1 Å². The topological polar surface area (TPSA) is 120 Å². The minimum absolute atomic E-state index is 0.0456. The second-order valence-corrected chi connectivity index (χ2v) is 6.53. The molecule has 29 heavy (non-hydrogen) atoms. The Morgan fingerprint density at radius 2 is 1.93 bits per heavy atom. The summed E-state index contributed by atoms with van der Waals surface area (Å²) in [6.45, 7) is 0.735. The maximum Gasteiger partial charge on any atom is 0.490 e. The average Bonchev–Trinajstić information content (AvgIpc) is 3.00. The third-order valence-corrected chi connectivity index (χ3v) is 4.86. The van der Waals surface area contributed by atoms with Crippen LogP contribution >= 0.6 is 0 Å². The van der Waals surface area contributed by atoms with E-state index >= 15 is 0 Å². The van der Waals surface area contributed by atoms with E-state index in [1.165, 1.54) is 4.90 Å². The molecule has 3 aliphatic heterocycles. The fourth-order valence-corrected chi connectivity index (χ4v) is 3.69. The van der Waals surface area contributed by atoms with E-state index in [0.717, 1.165) is 24.2 Å². The number of hydrogen-bond acceptors (Lipinski definition) is 5. The number of nitrogens with zero attached hydrogens (tertiary/aromatic N) is 2. The number of carbonyl (C=O) groups is 3. The van der Waals surface area contributed by atoms with Crippen molar-refractivity contribution in [2.75, 3.05) is 6.54 Å². The second-order valence-electron chi connectivity index (χ2n) is 6.53. The lowest BCUT2D eigenvalue weighted by Gasteiger charge is -2.48. The van der Waals surface area contributed by atoms with Gasteiger partial charge in [-0.2, -0.15) is 13.2 Å². The van der Waals surface area contributed by atoms with Crippen molar-refractivity contribution in [3.63, 3.8) is 0 Å². The number of aliphatic carboxylic acids is 2. The number of aromatic nitrogens is 1. The molecule has 3 atom stereocenters. The van der Waals surface area contributed by atoms with Gasteiger partial charge in [-0.3, -0.25) is 14.7 Å². The number of β-lactam (4-membered cyclic amide) rings is 1. The van der Waals surface area contributed by atoms with E-state index in [1.807, 2.05) is 30.4 Å². The van der Waals surface area contributed by atoms with Gasteiger partial charge in [-0.05, 0) is 36.7 Å². The van der Waals surface area contributed by atoms with Gasteiger partial charge in [0, 0.05) is 12.1 Å². The summed E-state index contributed by atoms with van der Waals surface area (Å²) in [5, 5.41) is 19.8. The number of piperidine rings is 1. The van der Waals surface area contributed by atoms with Crippen molar-refractivity contribution >= 4 is 23.9 Å². The zero-order chi connectivity index (χ0) is 21.3. The van der Waals surface area contributed by atoms with Gasteiger partial charge in [0.25, 0.3) is 0 Å². The Bertz CT molecular complexity index is 898. The third kappa shape index (κ3) is 3.86. The first-order chi connectivity index (χ1) is 13.6. The van der Waals surface area contributed by atoms with Gasteiger partial charge in [-0.25, -0.2) is 9.59 Å². The molecular weight excluding hydrogens is 395 g/mol. The van der Waals surface area contributed by atoms with Crippen molar-refractivity contribution in [1.82, 2.24) is 15.2 Å². The molecule has 4 rings (SSSR count). The van der Waals surface area contributed by atoms with E-state index in [-0.39, 0.29) is 29.6 Å². The van der Waals surface area contributed by atoms with Crippen LogP contribution in [0.2, 0.25) is 0 Å². The summed E-state index contributed by atoms with van der Waals surface area (Å²) in [5.74, 6) is -3.84. The first-order valence-electron chi connectivity index (χ1n) is 8.56. The molecule has 2 saturated heterocycles. The number of pyridine rings is 1. The molecule has 11 heteroatoms. The average molecular weight is 411 g/mol. The first kappa shape index (κ1) is 20.5.